The Morgan fingerprint density at radius 1 is 1.50 bits per heavy atom. The number of hydrogen-bond acceptors (Lipinski definition) is 2. The maximum Gasteiger partial charge on any atom is 0.123 e. The largest absolute Gasteiger partial charge is 0.507 e. The van der Waals surface area contributed by atoms with E-state index in [9.17, 15) is 9.50 Å². The van der Waals surface area contributed by atoms with Crippen molar-refractivity contribution in [1.29, 1.82) is 0 Å². The number of phenols is 1. The number of hydrogen-bond donors (Lipinski definition) is 2. The highest BCUT2D eigenvalue weighted by Gasteiger charge is 2.13. The van der Waals surface area contributed by atoms with Crippen molar-refractivity contribution in [3.63, 3.8) is 0 Å². The number of alkyl halides is 1. The average molecular weight is 197 g/mol. The molecule has 1 aromatic carbocycles. The lowest BCUT2D eigenvalue weighted by atomic mass is 9.99. The van der Waals surface area contributed by atoms with Gasteiger partial charge in [-0.2, -0.15) is 0 Å². The third kappa shape index (κ3) is 2.04. The van der Waals surface area contributed by atoms with Gasteiger partial charge in [0.05, 0.1) is 6.04 Å². The summed E-state index contributed by atoms with van der Waals surface area (Å²) in [6.45, 7) is 3.15. The van der Waals surface area contributed by atoms with Crippen molar-refractivity contribution in [3.8, 4) is 5.75 Å². The van der Waals surface area contributed by atoms with Gasteiger partial charge in [-0.05, 0) is 24.5 Å². The molecular formula is C11H16FNO. The smallest absolute Gasteiger partial charge is 0.123 e. The minimum Gasteiger partial charge on any atom is -0.507 e. The summed E-state index contributed by atoms with van der Waals surface area (Å²) in [7, 11) is 0. The second kappa shape index (κ2) is 4.42. The van der Waals surface area contributed by atoms with Crippen LogP contribution in [0.15, 0.2) is 12.1 Å². The Bertz CT molecular complexity index is 325. The third-order valence-electron chi connectivity index (χ3n) is 2.36. The number of halogens is 1. The SMILES string of the molecule is CCc1cc(C)c(O)c([C@H](N)CF)c1. The van der Waals surface area contributed by atoms with E-state index >= 15 is 0 Å². The molecule has 14 heavy (non-hydrogen) atoms. The monoisotopic (exact) mass is 197 g/mol. The van der Waals surface area contributed by atoms with Gasteiger partial charge < -0.3 is 10.8 Å². The fraction of sp³-hybridized carbons (Fsp3) is 0.455. The van der Waals surface area contributed by atoms with Crippen LogP contribution in [0.25, 0.3) is 0 Å². The van der Waals surface area contributed by atoms with E-state index in [2.05, 4.69) is 0 Å². The van der Waals surface area contributed by atoms with Crippen LogP contribution in [-0.4, -0.2) is 11.8 Å². The van der Waals surface area contributed by atoms with Crippen LogP contribution in [-0.2, 0) is 6.42 Å². The molecule has 0 fully saturated rings. The second-order valence-electron chi connectivity index (χ2n) is 3.46. The Balaban J connectivity index is 3.20. The molecule has 2 nitrogen and oxygen atoms in total. The number of benzene rings is 1. The molecule has 78 valence electrons. The van der Waals surface area contributed by atoms with Crippen molar-refractivity contribution in [1.82, 2.24) is 0 Å². The highest BCUT2D eigenvalue weighted by atomic mass is 19.1. The van der Waals surface area contributed by atoms with E-state index in [4.69, 9.17) is 5.73 Å². The van der Waals surface area contributed by atoms with E-state index in [-0.39, 0.29) is 5.75 Å². The summed E-state index contributed by atoms with van der Waals surface area (Å²) in [4.78, 5) is 0. The van der Waals surface area contributed by atoms with Gasteiger partial charge in [-0.25, -0.2) is 4.39 Å². The Labute approximate surface area is 83.6 Å². The van der Waals surface area contributed by atoms with Crippen LogP contribution in [0.4, 0.5) is 4.39 Å². The van der Waals surface area contributed by atoms with E-state index in [0.29, 0.717) is 5.56 Å². The molecule has 1 atom stereocenters. The Hall–Kier alpha value is -1.09. The van der Waals surface area contributed by atoms with Crippen LogP contribution in [0.5, 0.6) is 5.75 Å². The second-order valence-corrected chi connectivity index (χ2v) is 3.46. The quantitative estimate of drug-likeness (QED) is 0.780. The molecule has 0 saturated heterocycles. The van der Waals surface area contributed by atoms with E-state index in [0.717, 1.165) is 17.5 Å². The molecule has 0 aromatic heterocycles. The van der Waals surface area contributed by atoms with Crippen molar-refractivity contribution in [2.24, 2.45) is 5.73 Å². The van der Waals surface area contributed by atoms with Crippen LogP contribution in [0.2, 0.25) is 0 Å². The van der Waals surface area contributed by atoms with Crippen molar-refractivity contribution in [2.75, 3.05) is 6.67 Å². The van der Waals surface area contributed by atoms with Gasteiger partial charge in [0.25, 0.3) is 0 Å². The van der Waals surface area contributed by atoms with Crippen LogP contribution in [0.1, 0.15) is 29.7 Å². The Kier molecular flexibility index (Phi) is 3.47. The van der Waals surface area contributed by atoms with Crippen LogP contribution < -0.4 is 5.73 Å². The Morgan fingerprint density at radius 2 is 2.14 bits per heavy atom. The summed E-state index contributed by atoms with van der Waals surface area (Å²) in [6, 6.07) is 2.94. The van der Waals surface area contributed by atoms with Gasteiger partial charge >= 0.3 is 0 Å². The maximum absolute atomic E-state index is 12.4. The van der Waals surface area contributed by atoms with Crippen molar-refractivity contribution in [3.05, 3.63) is 28.8 Å². The molecule has 0 aliphatic rings. The fourth-order valence-corrected chi connectivity index (χ4v) is 1.45. The molecule has 0 radical (unpaired) electrons. The summed E-state index contributed by atoms with van der Waals surface area (Å²) in [6.07, 6.45) is 0.854. The molecule has 0 unspecified atom stereocenters. The van der Waals surface area contributed by atoms with Gasteiger partial charge in [-0.15, -0.1) is 0 Å². The summed E-state index contributed by atoms with van der Waals surface area (Å²) >= 11 is 0. The lowest BCUT2D eigenvalue weighted by Gasteiger charge is -2.13. The Morgan fingerprint density at radius 3 is 2.64 bits per heavy atom. The standard InChI is InChI=1S/C11H16FNO/c1-3-8-4-7(2)11(14)9(5-8)10(13)6-12/h4-5,10,14H,3,6,13H2,1-2H3/t10-/m1/s1. The van der Waals surface area contributed by atoms with Gasteiger partial charge in [0.15, 0.2) is 0 Å². The number of aromatic hydroxyl groups is 1. The summed E-state index contributed by atoms with van der Waals surface area (Å²) in [5, 5.41) is 9.67. The predicted octanol–water partition coefficient (Wildman–Crippen LogP) is 2.23. The van der Waals surface area contributed by atoms with Gasteiger partial charge in [-0.3, -0.25) is 0 Å². The first kappa shape index (κ1) is 11.0. The first-order valence-corrected chi connectivity index (χ1v) is 4.74. The molecule has 3 N–H and O–H groups in total. The summed E-state index contributed by atoms with van der Waals surface area (Å²) in [5.41, 5.74) is 7.88. The molecule has 0 aliphatic carbocycles. The first-order valence-electron chi connectivity index (χ1n) is 4.74. The molecule has 0 bridgehead atoms. The van der Waals surface area contributed by atoms with Gasteiger partial charge in [0.1, 0.15) is 12.4 Å². The summed E-state index contributed by atoms with van der Waals surface area (Å²) < 4.78 is 12.4. The molecule has 0 aliphatic heterocycles. The third-order valence-corrected chi connectivity index (χ3v) is 2.36. The minimum absolute atomic E-state index is 0.118. The summed E-state index contributed by atoms with van der Waals surface area (Å²) in [5.74, 6) is 0.118. The number of rotatable bonds is 3. The van der Waals surface area contributed by atoms with Crippen molar-refractivity contribution in [2.45, 2.75) is 26.3 Å². The van der Waals surface area contributed by atoms with Crippen molar-refractivity contribution >= 4 is 0 Å². The molecule has 0 amide bonds. The minimum atomic E-state index is -0.722. The zero-order valence-corrected chi connectivity index (χ0v) is 8.55. The van der Waals surface area contributed by atoms with E-state index in [1.807, 2.05) is 13.0 Å². The normalized spacial score (nSPS) is 12.9. The molecule has 1 aromatic rings. The van der Waals surface area contributed by atoms with Gasteiger partial charge in [0.2, 0.25) is 0 Å². The number of phenolic OH excluding ortho intramolecular Hbond substituents is 1. The number of aryl methyl sites for hydroxylation is 2. The lowest BCUT2D eigenvalue weighted by Crippen LogP contribution is -2.13. The topological polar surface area (TPSA) is 46.2 Å². The maximum atomic E-state index is 12.4. The lowest BCUT2D eigenvalue weighted by molar-refractivity contribution is 0.412. The van der Waals surface area contributed by atoms with E-state index < -0.39 is 12.7 Å². The van der Waals surface area contributed by atoms with E-state index in [1.165, 1.54) is 0 Å². The molecule has 0 saturated carbocycles. The fourth-order valence-electron chi connectivity index (χ4n) is 1.45. The van der Waals surface area contributed by atoms with Gasteiger partial charge in [0, 0.05) is 5.56 Å². The molecule has 3 heteroatoms. The molecule has 0 spiro atoms. The molecular weight excluding hydrogens is 181 g/mol. The first-order chi connectivity index (χ1) is 6.60. The van der Waals surface area contributed by atoms with Crippen molar-refractivity contribution < 1.29 is 9.50 Å². The van der Waals surface area contributed by atoms with E-state index in [1.54, 1.807) is 13.0 Å². The highest BCUT2D eigenvalue weighted by Crippen LogP contribution is 2.28. The molecule has 1 rings (SSSR count). The number of nitrogens with two attached hydrogens (primary N) is 1. The van der Waals surface area contributed by atoms with Crippen LogP contribution in [0.3, 0.4) is 0 Å². The molecule has 0 heterocycles. The zero-order chi connectivity index (χ0) is 10.7. The average Bonchev–Trinajstić information content (AvgIpc) is 2.20. The van der Waals surface area contributed by atoms with Gasteiger partial charge in [-0.1, -0.05) is 19.1 Å². The van der Waals surface area contributed by atoms with Crippen LogP contribution >= 0.6 is 0 Å². The zero-order valence-electron chi connectivity index (χ0n) is 8.55. The highest BCUT2D eigenvalue weighted by molar-refractivity contribution is 5.44. The van der Waals surface area contributed by atoms with Crippen LogP contribution in [0, 0.1) is 6.92 Å². The predicted molar refractivity (Wildman–Crippen MR) is 55.1 cm³/mol.